The van der Waals surface area contributed by atoms with Gasteiger partial charge in [0, 0.05) is 32.7 Å². The molecule has 0 bridgehead atoms. The minimum atomic E-state index is -0.283. The molecule has 2 aliphatic rings. The molecule has 0 saturated heterocycles. The van der Waals surface area contributed by atoms with Gasteiger partial charge in [-0.1, -0.05) is 59.0 Å². The second kappa shape index (κ2) is 8.28. The molecule has 1 aliphatic heterocycles. The first-order chi connectivity index (χ1) is 10.4. The van der Waals surface area contributed by atoms with Crippen LogP contribution in [-0.4, -0.2) is 24.8 Å². The van der Waals surface area contributed by atoms with E-state index in [1.165, 1.54) is 22.0 Å². The van der Waals surface area contributed by atoms with Gasteiger partial charge < -0.3 is 9.73 Å². The van der Waals surface area contributed by atoms with Crippen molar-refractivity contribution in [1.82, 2.24) is 0 Å². The van der Waals surface area contributed by atoms with Crippen molar-refractivity contribution in [3.05, 3.63) is 46.7 Å². The predicted octanol–water partition coefficient (Wildman–Crippen LogP) is 5.48. The number of hydrogen-bond donors (Lipinski definition) is 0. The van der Waals surface area contributed by atoms with E-state index < -0.39 is 0 Å². The van der Waals surface area contributed by atoms with Gasteiger partial charge in [0.25, 0.3) is 0 Å². The van der Waals surface area contributed by atoms with E-state index in [2.05, 4.69) is 58.4 Å². The molecule has 4 heteroatoms. The maximum Gasteiger partial charge on any atom is 0.0619 e. The van der Waals surface area contributed by atoms with Gasteiger partial charge in [0.2, 0.25) is 0 Å². The van der Waals surface area contributed by atoms with E-state index in [1.807, 2.05) is 13.8 Å². The summed E-state index contributed by atoms with van der Waals surface area (Å²) in [6.45, 7) is 14.8. The molecule has 0 N–H and O–H groups in total. The second-order valence-corrected chi connectivity index (χ2v) is 8.49. The SMILES string of the molecule is CC.C[C-]1N=C(C2=C(P(C)C)Cc3ccccc32)OC1(C)C.[Y]. The van der Waals surface area contributed by atoms with Crippen LogP contribution in [0.2, 0.25) is 0 Å². The fraction of sp³-hybridized carbons (Fsp3) is 0.474. The van der Waals surface area contributed by atoms with Crippen molar-refractivity contribution in [2.24, 2.45) is 4.99 Å². The Morgan fingerprint density at radius 2 is 1.78 bits per heavy atom. The quantitative estimate of drug-likeness (QED) is 0.472. The van der Waals surface area contributed by atoms with E-state index in [1.54, 1.807) is 0 Å². The summed E-state index contributed by atoms with van der Waals surface area (Å²) in [7, 11) is -0.139. The van der Waals surface area contributed by atoms with E-state index in [0.29, 0.717) is 0 Å². The molecule has 0 spiro atoms. The summed E-state index contributed by atoms with van der Waals surface area (Å²) in [5.74, 6) is 0.823. The first-order valence-electron chi connectivity index (χ1n) is 8.01. The van der Waals surface area contributed by atoms with Crippen LogP contribution in [0.25, 0.3) is 5.57 Å². The Bertz CT molecular complexity index is 620. The molecule has 0 fully saturated rings. The number of nitrogens with zero attached hydrogens (tertiary/aromatic N) is 1. The number of rotatable bonds is 2. The maximum atomic E-state index is 6.15. The predicted molar refractivity (Wildman–Crippen MR) is 98.7 cm³/mol. The van der Waals surface area contributed by atoms with Gasteiger partial charge in [-0.25, -0.2) is 0 Å². The molecule has 23 heavy (non-hydrogen) atoms. The molecule has 0 aromatic heterocycles. The Labute approximate surface area is 167 Å². The van der Waals surface area contributed by atoms with Crippen molar-refractivity contribution in [1.29, 1.82) is 0 Å². The van der Waals surface area contributed by atoms with Crippen molar-refractivity contribution in [2.45, 2.75) is 46.6 Å². The van der Waals surface area contributed by atoms with Crippen LogP contribution in [0.1, 0.15) is 45.7 Å². The van der Waals surface area contributed by atoms with Crippen LogP contribution < -0.4 is 0 Å². The zero-order valence-corrected chi connectivity index (χ0v) is 19.1. The second-order valence-electron chi connectivity index (χ2n) is 6.16. The molecule has 2 nitrogen and oxygen atoms in total. The first-order valence-corrected chi connectivity index (χ1v) is 10.2. The molecule has 1 aromatic rings. The van der Waals surface area contributed by atoms with Crippen molar-refractivity contribution < 1.29 is 37.4 Å². The molecule has 0 saturated carbocycles. The Morgan fingerprint density at radius 1 is 1.17 bits per heavy atom. The molecular formula is C19H27NOPY-. The molecule has 0 atom stereocenters. The zero-order chi connectivity index (χ0) is 16.5. The van der Waals surface area contributed by atoms with Crippen molar-refractivity contribution in [2.75, 3.05) is 13.3 Å². The molecule has 0 unspecified atom stereocenters. The van der Waals surface area contributed by atoms with Crippen LogP contribution >= 0.6 is 7.92 Å². The average molecular weight is 405 g/mol. The average Bonchev–Trinajstić information content (AvgIpc) is 2.99. The Hall–Kier alpha value is -0.166. The van der Waals surface area contributed by atoms with Gasteiger partial charge in [-0.2, -0.15) is 0 Å². The van der Waals surface area contributed by atoms with E-state index in [0.717, 1.165) is 18.4 Å². The standard InChI is InChI=1S/C17H21NOP.C2H6.Y/c1-11-17(2,3)19-16(18-11)15-13-9-7-6-8-12(13)10-14(15)20(4)5;1-2;/h6-9H,10H2,1-5H3;1-2H3;/q-1;;. The molecule has 1 aliphatic carbocycles. The smallest absolute Gasteiger partial charge is 0.0619 e. The molecule has 1 heterocycles. The van der Waals surface area contributed by atoms with Gasteiger partial charge in [-0.3, -0.25) is 0 Å². The van der Waals surface area contributed by atoms with E-state index in [4.69, 9.17) is 9.73 Å². The molecule has 123 valence electrons. The van der Waals surface area contributed by atoms with Crippen LogP contribution in [0.4, 0.5) is 0 Å². The first kappa shape index (κ1) is 20.9. The molecule has 1 aromatic carbocycles. The summed E-state index contributed by atoms with van der Waals surface area (Å²) in [6, 6.07) is 9.69. The van der Waals surface area contributed by atoms with E-state index in [-0.39, 0.29) is 46.2 Å². The van der Waals surface area contributed by atoms with Crippen LogP contribution in [0.15, 0.2) is 34.6 Å². The van der Waals surface area contributed by atoms with Crippen LogP contribution in [0, 0.1) is 6.04 Å². The van der Waals surface area contributed by atoms with Gasteiger partial charge in [-0.15, -0.1) is 0 Å². The third kappa shape index (κ3) is 4.09. The topological polar surface area (TPSA) is 21.6 Å². The Balaban J connectivity index is 0.000000849. The van der Waals surface area contributed by atoms with Gasteiger partial charge in [0.05, 0.1) is 11.5 Å². The van der Waals surface area contributed by atoms with Gasteiger partial charge in [-0.05, 0) is 55.6 Å². The minimum Gasteiger partial charge on any atom is -0.567 e. The van der Waals surface area contributed by atoms with E-state index >= 15 is 0 Å². The fourth-order valence-corrected chi connectivity index (χ4v) is 3.85. The molecule has 3 rings (SSSR count). The number of allylic oxidation sites excluding steroid dienone is 1. The maximum absolute atomic E-state index is 6.15. The minimum absolute atomic E-state index is 0. The van der Waals surface area contributed by atoms with Crippen molar-refractivity contribution in [3.8, 4) is 0 Å². The summed E-state index contributed by atoms with van der Waals surface area (Å²) in [5, 5.41) is 1.51. The van der Waals surface area contributed by atoms with Gasteiger partial charge >= 0.3 is 0 Å². The van der Waals surface area contributed by atoms with Crippen LogP contribution in [0.5, 0.6) is 0 Å². The van der Waals surface area contributed by atoms with Crippen LogP contribution in [0.3, 0.4) is 0 Å². The van der Waals surface area contributed by atoms with Crippen molar-refractivity contribution in [3.63, 3.8) is 0 Å². The number of ether oxygens (including phenoxy) is 1. The number of aliphatic imine (C=N–C) groups is 1. The summed E-state index contributed by atoms with van der Waals surface area (Å²) in [5.41, 5.74) is 3.68. The summed E-state index contributed by atoms with van der Waals surface area (Å²) in [4.78, 5) is 4.72. The third-order valence-electron chi connectivity index (χ3n) is 4.18. The molecule has 0 amide bonds. The Morgan fingerprint density at radius 3 is 2.30 bits per heavy atom. The zero-order valence-electron chi connectivity index (χ0n) is 15.4. The van der Waals surface area contributed by atoms with Crippen molar-refractivity contribution >= 4 is 19.4 Å². The molecule has 1 radical (unpaired) electrons. The molecular weight excluding hydrogens is 378 g/mol. The van der Waals surface area contributed by atoms with E-state index in [9.17, 15) is 0 Å². The van der Waals surface area contributed by atoms with Crippen LogP contribution in [-0.2, 0) is 43.9 Å². The normalized spacial score (nSPS) is 17.9. The van der Waals surface area contributed by atoms with Gasteiger partial charge in [0.1, 0.15) is 0 Å². The number of hydrogen-bond acceptors (Lipinski definition) is 2. The monoisotopic (exact) mass is 405 g/mol. The summed E-state index contributed by atoms with van der Waals surface area (Å²) >= 11 is 0. The fourth-order valence-electron chi connectivity index (χ4n) is 2.70. The summed E-state index contributed by atoms with van der Waals surface area (Å²) < 4.78 is 6.15. The number of benzene rings is 1. The third-order valence-corrected chi connectivity index (χ3v) is 5.64. The largest absolute Gasteiger partial charge is 0.567 e. The summed E-state index contributed by atoms with van der Waals surface area (Å²) in [6.07, 6.45) is 1.05. The Kier molecular flexibility index (Phi) is 7.51. The number of fused-ring (bicyclic) bond motifs is 1. The van der Waals surface area contributed by atoms with Gasteiger partial charge in [0.15, 0.2) is 0 Å².